The molecule has 1 unspecified atom stereocenters. The molecule has 25 heavy (non-hydrogen) atoms. The highest BCUT2D eigenvalue weighted by Gasteiger charge is 2.16. The van der Waals surface area contributed by atoms with Crippen molar-refractivity contribution in [3.05, 3.63) is 76.4 Å². The molecule has 124 valence electrons. The molecule has 0 saturated heterocycles. The van der Waals surface area contributed by atoms with Crippen molar-refractivity contribution >= 4 is 18.1 Å². The monoisotopic (exact) mass is 351 g/mol. The van der Waals surface area contributed by atoms with Gasteiger partial charge in [-0.3, -0.25) is 9.89 Å². The second-order valence-corrected chi connectivity index (χ2v) is 5.89. The average molecular weight is 352 g/mol. The van der Waals surface area contributed by atoms with Crippen molar-refractivity contribution in [3.63, 3.8) is 0 Å². The van der Waals surface area contributed by atoms with E-state index in [2.05, 4.69) is 16.3 Å². The molecule has 0 saturated carbocycles. The number of nitriles is 1. The second-order valence-electron chi connectivity index (χ2n) is 5.45. The number of rotatable bonds is 6. The fourth-order valence-electron chi connectivity index (χ4n) is 2.58. The van der Waals surface area contributed by atoms with Crippen molar-refractivity contribution in [2.45, 2.75) is 12.5 Å². The van der Waals surface area contributed by atoms with Gasteiger partial charge in [-0.1, -0.05) is 35.9 Å². The topological polar surface area (TPSA) is 78.8 Å². The molecule has 3 rings (SSSR count). The van der Waals surface area contributed by atoms with Gasteiger partial charge in [-0.15, -0.1) is 0 Å². The summed E-state index contributed by atoms with van der Waals surface area (Å²) in [7, 11) is 0. The Labute approximate surface area is 149 Å². The van der Waals surface area contributed by atoms with Gasteiger partial charge in [0.15, 0.2) is 0 Å². The molecule has 1 aromatic heterocycles. The van der Waals surface area contributed by atoms with Gasteiger partial charge in [-0.05, 0) is 35.9 Å². The van der Waals surface area contributed by atoms with E-state index in [4.69, 9.17) is 21.6 Å². The van der Waals surface area contributed by atoms with Crippen molar-refractivity contribution in [2.24, 2.45) is 0 Å². The molecule has 2 aromatic carbocycles. The minimum atomic E-state index is -0.501. The lowest BCUT2D eigenvalue weighted by Gasteiger charge is -2.14. The highest BCUT2D eigenvalue weighted by atomic mass is 35.5. The molecule has 0 spiro atoms. The van der Waals surface area contributed by atoms with Gasteiger partial charge in [-0.2, -0.15) is 10.4 Å². The lowest BCUT2D eigenvalue weighted by Crippen LogP contribution is -2.07. The molecule has 0 fully saturated rings. The van der Waals surface area contributed by atoms with Gasteiger partial charge < -0.3 is 4.74 Å². The van der Waals surface area contributed by atoms with E-state index < -0.39 is 6.10 Å². The number of carbonyl (C=O) groups is 1. The molecular formula is C19H14ClN3O2. The number of halogens is 1. The van der Waals surface area contributed by atoms with E-state index in [0.29, 0.717) is 23.5 Å². The van der Waals surface area contributed by atoms with E-state index in [1.54, 1.807) is 24.3 Å². The number of ether oxygens (including phenoxy) is 1. The number of nitrogens with one attached hydrogen (secondary N) is 1. The SMILES string of the molecule is N#Cc1cccc(C(Cc2cc(-c3cccc(Cl)c3)n[nH]2)OC=O)c1. The molecule has 1 N–H and O–H groups in total. The minimum Gasteiger partial charge on any atom is -0.459 e. The predicted octanol–water partition coefficient (Wildman–Crippen LogP) is 4.06. The molecule has 0 aliphatic rings. The van der Waals surface area contributed by atoms with Crippen LogP contribution in [0.1, 0.15) is 22.9 Å². The summed E-state index contributed by atoms with van der Waals surface area (Å²) in [6.07, 6.45) is -0.0836. The molecule has 1 heterocycles. The maximum atomic E-state index is 10.9. The molecule has 3 aromatic rings. The van der Waals surface area contributed by atoms with Crippen LogP contribution >= 0.6 is 11.6 Å². The number of H-pyrrole nitrogens is 1. The van der Waals surface area contributed by atoms with Crippen molar-refractivity contribution in [1.82, 2.24) is 10.2 Å². The molecule has 1 atom stereocenters. The van der Waals surface area contributed by atoms with Crippen LogP contribution in [-0.4, -0.2) is 16.7 Å². The number of hydrogen-bond donors (Lipinski definition) is 1. The summed E-state index contributed by atoms with van der Waals surface area (Å²) in [6.45, 7) is 0.415. The molecule has 0 aliphatic carbocycles. The van der Waals surface area contributed by atoms with Crippen molar-refractivity contribution in [2.75, 3.05) is 0 Å². The van der Waals surface area contributed by atoms with Crippen molar-refractivity contribution in [1.29, 1.82) is 5.26 Å². The number of benzene rings is 2. The third-order valence-corrected chi connectivity index (χ3v) is 4.00. The fraction of sp³-hybridized carbons (Fsp3) is 0.105. The van der Waals surface area contributed by atoms with Crippen molar-refractivity contribution in [3.8, 4) is 17.3 Å². The maximum absolute atomic E-state index is 10.9. The van der Waals surface area contributed by atoms with E-state index in [9.17, 15) is 4.79 Å². The van der Waals surface area contributed by atoms with Crippen LogP contribution in [0, 0.1) is 11.3 Å². The first-order valence-electron chi connectivity index (χ1n) is 7.59. The average Bonchev–Trinajstić information content (AvgIpc) is 3.10. The Balaban J connectivity index is 1.83. The van der Waals surface area contributed by atoms with Crippen LogP contribution < -0.4 is 0 Å². The van der Waals surface area contributed by atoms with Crippen LogP contribution in [-0.2, 0) is 16.0 Å². The first kappa shape index (κ1) is 16.7. The van der Waals surface area contributed by atoms with Gasteiger partial charge in [0.25, 0.3) is 6.47 Å². The van der Waals surface area contributed by atoms with Crippen LogP contribution in [0.5, 0.6) is 0 Å². The van der Waals surface area contributed by atoms with Gasteiger partial charge >= 0.3 is 0 Å². The van der Waals surface area contributed by atoms with E-state index in [1.165, 1.54) is 0 Å². The zero-order chi connectivity index (χ0) is 17.6. The number of carbonyl (C=O) groups excluding carboxylic acids is 1. The van der Waals surface area contributed by atoms with E-state index in [1.807, 2.05) is 30.3 Å². The Bertz CT molecular complexity index is 930. The van der Waals surface area contributed by atoms with E-state index >= 15 is 0 Å². The molecule has 5 nitrogen and oxygen atoms in total. The summed E-state index contributed by atoms with van der Waals surface area (Å²) in [5.74, 6) is 0. The van der Waals surface area contributed by atoms with Crippen LogP contribution in [0.2, 0.25) is 5.02 Å². The summed E-state index contributed by atoms with van der Waals surface area (Å²) >= 11 is 6.01. The first-order valence-corrected chi connectivity index (χ1v) is 7.97. The molecule has 0 bridgehead atoms. The normalized spacial score (nSPS) is 11.5. The van der Waals surface area contributed by atoms with Crippen molar-refractivity contribution < 1.29 is 9.53 Å². The predicted molar refractivity (Wildman–Crippen MR) is 93.8 cm³/mol. The van der Waals surface area contributed by atoms with Gasteiger partial charge in [0.2, 0.25) is 0 Å². The molecule has 0 amide bonds. The van der Waals surface area contributed by atoms with Gasteiger partial charge in [0.05, 0.1) is 17.3 Å². The highest BCUT2D eigenvalue weighted by Crippen LogP contribution is 2.25. The Morgan fingerprint density at radius 3 is 2.84 bits per heavy atom. The summed E-state index contributed by atoms with van der Waals surface area (Å²) in [5, 5.41) is 16.9. The van der Waals surface area contributed by atoms with Gasteiger partial charge in [0.1, 0.15) is 6.10 Å². The van der Waals surface area contributed by atoms with Crippen LogP contribution in [0.25, 0.3) is 11.3 Å². The zero-order valence-electron chi connectivity index (χ0n) is 13.1. The number of aromatic nitrogens is 2. The third kappa shape index (κ3) is 4.06. The molecule has 0 radical (unpaired) electrons. The Morgan fingerprint density at radius 2 is 2.08 bits per heavy atom. The summed E-state index contributed by atoms with van der Waals surface area (Å²) in [5.41, 5.74) is 3.73. The summed E-state index contributed by atoms with van der Waals surface area (Å²) in [6, 6.07) is 18.4. The zero-order valence-corrected chi connectivity index (χ0v) is 13.9. The highest BCUT2D eigenvalue weighted by molar-refractivity contribution is 6.30. The number of nitrogens with zero attached hydrogens (tertiary/aromatic N) is 2. The Morgan fingerprint density at radius 1 is 1.24 bits per heavy atom. The van der Waals surface area contributed by atoms with Gasteiger partial charge in [-0.25, -0.2) is 0 Å². The van der Waals surface area contributed by atoms with Crippen LogP contribution in [0.15, 0.2) is 54.6 Å². The third-order valence-electron chi connectivity index (χ3n) is 3.76. The smallest absolute Gasteiger partial charge is 0.293 e. The minimum absolute atomic E-state index is 0.415. The van der Waals surface area contributed by atoms with Gasteiger partial charge in [0, 0.05) is 22.7 Å². The largest absolute Gasteiger partial charge is 0.459 e. The van der Waals surface area contributed by atoms with Crippen LogP contribution in [0.3, 0.4) is 0 Å². The fourth-order valence-corrected chi connectivity index (χ4v) is 2.77. The number of hydrogen-bond acceptors (Lipinski definition) is 4. The lowest BCUT2D eigenvalue weighted by atomic mass is 10.0. The standard InChI is InChI=1S/C19H14ClN3O2/c20-16-6-2-4-14(8-16)18-9-17(22-23-18)10-19(25-12-24)15-5-1-3-13(7-15)11-21/h1-9,12,19H,10H2,(H,22,23). The molecular weight excluding hydrogens is 338 g/mol. The molecule has 0 aliphatic heterocycles. The number of aromatic amines is 1. The first-order chi connectivity index (χ1) is 12.2. The lowest BCUT2D eigenvalue weighted by molar-refractivity contribution is -0.133. The Kier molecular flexibility index (Phi) is 5.12. The quantitative estimate of drug-likeness (QED) is 0.679. The Hall–Kier alpha value is -3.10. The van der Waals surface area contributed by atoms with Crippen LogP contribution in [0.4, 0.5) is 0 Å². The maximum Gasteiger partial charge on any atom is 0.293 e. The summed E-state index contributed by atoms with van der Waals surface area (Å²) < 4.78 is 5.21. The van der Waals surface area contributed by atoms with E-state index in [0.717, 1.165) is 22.5 Å². The molecule has 6 heteroatoms. The van der Waals surface area contributed by atoms with E-state index in [-0.39, 0.29) is 0 Å². The second kappa shape index (κ2) is 7.65. The summed E-state index contributed by atoms with van der Waals surface area (Å²) in [4.78, 5) is 10.9.